The fourth-order valence-corrected chi connectivity index (χ4v) is 1.59. The molecule has 0 saturated heterocycles. The highest BCUT2D eigenvalue weighted by Gasteiger charge is 1.97. The minimum atomic E-state index is 0.784. The van der Waals surface area contributed by atoms with Crippen LogP contribution in [-0.4, -0.2) is 5.75 Å². The highest BCUT2D eigenvalue weighted by atomic mass is 79.9. The van der Waals surface area contributed by atoms with E-state index in [0.29, 0.717) is 0 Å². The van der Waals surface area contributed by atoms with E-state index < -0.39 is 0 Å². The first-order valence-electron chi connectivity index (χ1n) is 3.79. The molecule has 0 aliphatic heterocycles. The van der Waals surface area contributed by atoms with Gasteiger partial charge in [-0.05, 0) is 52.2 Å². The van der Waals surface area contributed by atoms with Crippen LogP contribution in [0.15, 0.2) is 22.7 Å². The number of hydrogen-bond donors (Lipinski definition) is 1. The molecule has 0 nitrogen and oxygen atoms in total. The van der Waals surface area contributed by atoms with Crippen molar-refractivity contribution in [2.24, 2.45) is 0 Å². The van der Waals surface area contributed by atoms with Crippen molar-refractivity contribution in [2.45, 2.75) is 12.8 Å². The molecular weight excluding hydrogens is 256 g/mol. The highest BCUT2D eigenvalue weighted by Crippen LogP contribution is 2.23. The van der Waals surface area contributed by atoms with Crippen molar-refractivity contribution in [3.63, 3.8) is 0 Å². The van der Waals surface area contributed by atoms with Crippen LogP contribution in [0, 0.1) is 0 Å². The number of halogens is 2. The summed E-state index contributed by atoms with van der Waals surface area (Å²) in [4.78, 5) is 0. The second-order valence-electron chi connectivity index (χ2n) is 2.58. The maximum Gasteiger partial charge on any atom is 0.0550 e. The minimum absolute atomic E-state index is 0.784. The van der Waals surface area contributed by atoms with Gasteiger partial charge in [-0.25, -0.2) is 0 Å². The van der Waals surface area contributed by atoms with Gasteiger partial charge < -0.3 is 0 Å². The van der Waals surface area contributed by atoms with E-state index in [2.05, 4.69) is 34.6 Å². The highest BCUT2D eigenvalue weighted by molar-refractivity contribution is 9.10. The monoisotopic (exact) mass is 264 g/mol. The Kier molecular flexibility index (Phi) is 4.47. The van der Waals surface area contributed by atoms with Gasteiger partial charge in [0.25, 0.3) is 0 Å². The summed E-state index contributed by atoms with van der Waals surface area (Å²) in [6.45, 7) is 0. The van der Waals surface area contributed by atoms with Gasteiger partial charge in [0.1, 0.15) is 0 Å². The first-order chi connectivity index (χ1) is 5.74. The van der Waals surface area contributed by atoms with E-state index in [9.17, 15) is 0 Å². The maximum atomic E-state index is 5.93. The quantitative estimate of drug-likeness (QED) is 0.786. The molecule has 0 fully saturated rings. The lowest BCUT2D eigenvalue weighted by Crippen LogP contribution is -1.86. The lowest BCUT2D eigenvalue weighted by Gasteiger charge is -2.01. The molecule has 0 aliphatic carbocycles. The van der Waals surface area contributed by atoms with Crippen LogP contribution in [0.25, 0.3) is 0 Å². The predicted molar refractivity (Wildman–Crippen MR) is 61.3 cm³/mol. The lowest BCUT2D eigenvalue weighted by molar-refractivity contribution is 0.936. The fourth-order valence-electron chi connectivity index (χ4n) is 0.978. The second kappa shape index (κ2) is 5.15. The Morgan fingerprint density at radius 3 is 2.75 bits per heavy atom. The van der Waals surface area contributed by atoms with Crippen molar-refractivity contribution in [2.75, 3.05) is 5.75 Å². The van der Waals surface area contributed by atoms with E-state index in [4.69, 9.17) is 11.6 Å². The van der Waals surface area contributed by atoms with Gasteiger partial charge in [0.05, 0.1) is 5.02 Å². The summed E-state index contributed by atoms with van der Waals surface area (Å²) in [5.41, 5.74) is 1.28. The summed E-state index contributed by atoms with van der Waals surface area (Å²) in [6.07, 6.45) is 2.15. The molecule has 0 unspecified atom stereocenters. The smallest absolute Gasteiger partial charge is 0.0550 e. The molecule has 0 saturated carbocycles. The number of thiol groups is 1. The van der Waals surface area contributed by atoms with Crippen molar-refractivity contribution in [1.82, 2.24) is 0 Å². The molecule has 0 bridgehead atoms. The minimum Gasteiger partial charge on any atom is -0.179 e. The third kappa shape index (κ3) is 3.00. The standard InChI is InChI=1S/C9H10BrClS/c10-8-4-3-7(2-1-5-12)6-9(8)11/h3-4,6,12H,1-2,5H2. The molecular formula is C9H10BrClS. The van der Waals surface area contributed by atoms with Gasteiger partial charge >= 0.3 is 0 Å². The van der Waals surface area contributed by atoms with Crippen molar-refractivity contribution >= 4 is 40.2 Å². The number of rotatable bonds is 3. The zero-order valence-corrected chi connectivity index (χ0v) is 9.79. The number of aryl methyl sites for hydroxylation is 1. The molecule has 12 heavy (non-hydrogen) atoms. The fraction of sp³-hybridized carbons (Fsp3) is 0.333. The Labute approximate surface area is 91.9 Å². The Hall–Kier alpha value is 0.340. The molecule has 1 rings (SSSR count). The molecule has 1 aromatic carbocycles. The zero-order valence-electron chi connectivity index (χ0n) is 6.56. The summed E-state index contributed by atoms with van der Waals surface area (Å²) < 4.78 is 0.957. The van der Waals surface area contributed by atoms with Crippen LogP contribution < -0.4 is 0 Å². The lowest BCUT2D eigenvalue weighted by atomic mass is 10.1. The van der Waals surface area contributed by atoms with Crippen LogP contribution in [0.5, 0.6) is 0 Å². The van der Waals surface area contributed by atoms with Gasteiger partial charge in [0, 0.05) is 4.47 Å². The van der Waals surface area contributed by atoms with E-state index in [1.54, 1.807) is 0 Å². The summed E-state index contributed by atoms with van der Waals surface area (Å²) in [5, 5.41) is 0.784. The molecule has 0 aliphatic rings. The normalized spacial score (nSPS) is 10.2. The molecule has 0 radical (unpaired) electrons. The Balaban J connectivity index is 2.69. The van der Waals surface area contributed by atoms with Gasteiger partial charge in [-0.3, -0.25) is 0 Å². The van der Waals surface area contributed by atoms with Gasteiger partial charge in [0.2, 0.25) is 0 Å². The van der Waals surface area contributed by atoms with E-state index in [0.717, 1.165) is 28.1 Å². The molecule has 0 atom stereocenters. The van der Waals surface area contributed by atoms with Crippen molar-refractivity contribution in [3.8, 4) is 0 Å². The molecule has 0 heterocycles. The van der Waals surface area contributed by atoms with E-state index in [-0.39, 0.29) is 0 Å². The summed E-state index contributed by atoms with van der Waals surface area (Å²) in [5.74, 6) is 0.924. The van der Waals surface area contributed by atoms with E-state index in [1.807, 2.05) is 12.1 Å². The van der Waals surface area contributed by atoms with Gasteiger partial charge in [-0.1, -0.05) is 17.7 Å². The number of benzene rings is 1. The Morgan fingerprint density at radius 2 is 2.17 bits per heavy atom. The summed E-state index contributed by atoms with van der Waals surface area (Å²) in [6, 6.07) is 6.06. The predicted octanol–water partition coefficient (Wildman–Crippen LogP) is 3.96. The van der Waals surface area contributed by atoms with Crippen LogP contribution in [-0.2, 0) is 6.42 Å². The van der Waals surface area contributed by atoms with Crippen LogP contribution in [0.3, 0.4) is 0 Å². The molecule has 0 amide bonds. The average Bonchev–Trinajstić information content (AvgIpc) is 2.07. The van der Waals surface area contributed by atoms with E-state index >= 15 is 0 Å². The van der Waals surface area contributed by atoms with E-state index in [1.165, 1.54) is 5.56 Å². The summed E-state index contributed by atoms with van der Waals surface area (Å²) >= 11 is 13.4. The third-order valence-electron chi connectivity index (χ3n) is 1.61. The first kappa shape index (κ1) is 10.4. The van der Waals surface area contributed by atoms with Crippen LogP contribution in [0.2, 0.25) is 5.02 Å². The largest absolute Gasteiger partial charge is 0.179 e. The SMILES string of the molecule is SCCCc1ccc(Br)c(Cl)c1. The van der Waals surface area contributed by atoms with Crippen LogP contribution in [0.4, 0.5) is 0 Å². The Morgan fingerprint density at radius 1 is 1.42 bits per heavy atom. The van der Waals surface area contributed by atoms with Crippen molar-refractivity contribution in [3.05, 3.63) is 33.3 Å². The maximum absolute atomic E-state index is 5.93. The average molecular weight is 266 g/mol. The van der Waals surface area contributed by atoms with Crippen LogP contribution in [0.1, 0.15) is 12.0 Å². The number of hydrogen-bond acceptors (Lipinski definition) is 1. The van der Waals surface area contributed by atoms with Crippen LogP contribution >= 0.6 is 40.2 Å². The summed E-state index contributed by atoms with van der Waals surface area (Å²) in [7, 11) is 0. The molecule has 66 valence electrons. The zero-order chi connectivity index (χ0) is 8.97. The van der Waals surface area contributed by atoms with Crippen molar-refractivity contribution in [1.29, 1.82) is 0 Å². The van der Waals surface area contributed by atoms with Crippen molar-refractivity contribution < 1.29 is 0 Å². The Bertz CT molecular complexity index is 263. The molecule has 0 spiro atoms. The molecule has 0 aromatic heterocycles. The molecule has 1 aromatic rings. The molecule has 0 N–H and O–H groups in total. The third-order valence-corrected chi connectivity index (χ3v) is 3.16. The van der Waals surface area contributed by atoms with Gasteiger partial charge in [-0.15, -0.1) is 0 Å². The second-order valence-corrected chi connectivity index (χ2v) is 4.28. The van der Waals surface area contributed by atoms with Gasteiger partial charge in [0.15, 0.2) is 0 Å². The first-order valence-corrected chi connectivity index (χ1v) is 5.59. The molecule has 3 heteroatoms. The van der Waals surface area contributed by atoms with Gasteiger partial charge in [-0.2, -0.15) is 12.6 Å². The topological polar surface area (TPSA) is 0 Å².